The van der Waals surface area contributed by atoms with Gasteiger partial charge in [0.1, 0.15) is 36.3 Å². The van der Waals surface area contributed by atoms with E-state index in [2.05, 4.69) is 18.3 Å². The van der Waals surface area contributed by atoms with Gasteiger partial charge in [0.25, 0.3) is 0 Å². The van der Waals surface area contributed by atoms with Crippen LogP contribution >= 0.6 is 15.6 Å². The van der Waals surface area contributed by atoms with Crippen molar-refractivity contribution < 1.29 is 61.9 Å². The zero-order chi connectivity index (χ0) is 25.4. The van der Waals surface area contributed by atoms with E-state index in [0.29, 0.717) is 0 Å². The first-order chi connectivity index (χ1) is 15.7. The van der Waals surface area contributed by atoms with Crippen molar-refractivity contribution >= 4 is 27.2 Å². The fourth-order valence-electron chi connectivity index (χ4n) is 3.12. The smallest absolute Gasteiger partial charge is 0.387 e. The van der Waals surface area contributed by atoms with E-state index in [0.717, 1.165) is 10.8 Å². The van der Waals surface area contributed by atoms with Gasteiger partial charge < -0.3 is 40.3 Å². The molecule has 7 N–H and O–H groups in total. The van der Waals surface area contributed by atoms with Gasteiger partial charge in [-0.2, -0.15) is 9.29 Å². The molecular weight excluding hydrogens is 508 g/mol. The van der Waals surface area contributed by atoms with E-state index < -0.39 is 83.2 Å². The third-order valence-corrected chi connectivity index (χ3v) is 7.42. The van der Waals surface area contributed by atoms with Gasteiger partial charge in [0.15, 0.2) is 18.3 Å². The van der Waals surface area contributed by atoms with Gasteiger partial charge in [-0.05, 0) is 13.0 Å². The second-order valence-electron chi connectivity index (χ2n) is 7.39. The van der Waals surface area contributed by atoms with E-state index in [-0.39, 0.29) is 5.82 Å². The van der Waals surface area contributed by atoms with Gasteiger partial charge in [-0.3, -0.25) is 18.4 Å². The molecule has 0 amide bonds. The van der Waals surface area contributed by atoms with Crippen LogP contribution in [0.3, 0.4) is 0 Å². The second kappa shape index (κ2) is 10.2. The van der Waals surface area contributed by atoms with Crippen molar-refractivity contribution in [2.45, 2.75) is 56.4 Å². The number of phosphoric ester groups is 2. The molecule has 2 saturated heterocycles. The summed E-state index contributed by atoms with van der Waals surface area (Å²) in [5, 5.41) is 30.0. The lowest BCUT2D eigenvalue weighted by atomic mass is 10.1. The average molecular weight is 531 g/mol. The van der Waals surface area contributed by atoms with Crippen molar-refractivity contribution in [2.75, 3.05) is 12.3 Å². The zero-order valence-electron chi connectivity index (χ0n) is 17.4. The number of Topliss-reactive ketones (excluding diaryl/α,β-unsaturated/α-hetero) is 1. The highest BCUT2D eigenvalue weighted by molar-refractivity contribution is 7.61. The van der Waals surface area contributed by atoms with Gasteiger partial charge in [-0.15, -0.1) is 0 Å². The third-order valence-electron chi connectivity index (χ3n) is 4.82. The van der Waals surface area contributed by atoms with Crippen molar-refractivity contribution in [3.05, 3.63) is 22.7 Å². The highest BCUT2D eigenvalue weighted by Gasteiger charge is 2.47. The molecule has 3 heterocycles. The van der Waals surface area contributed by atoms with Gasteiger partial charge in [-0.1, -0.05) is 0 Å². The molecule has 3 rings (SSSR count). The number of aliphatic hydroxyl groups is 3. The normalized spacial score (nSPS) is 35.6. The minimum atomic E-state index is -5.38. The zero-order valence-corrected chi connectivity index (χ0v) is 19.2. The Morgan fingerprint density at radius 1 is 1.18 bits per heavy atom. The maximum Gasteiger partial charge on any atom is 0.483 e. The van der Waals surface area contributed by atoms with Gasteiger partial charge in [0, 0.05) is 12.6 Å². The summed E-state index contributed by atoms with van der Waals surface area (Å²) in [5.74, 6) is -0.597. The van der Waals surface area contributed by atoms with Crippen LogP contribution < -0.4 is 11.4 Å². The van der Waals surface area contributed by atoms with Crippen LogP contribution in [0.15, 0.2) is 17.1 Å². The summed E-state index contributed by atoms with van der Waals surface area (Å²) in [6.45, 7) is 0.366. The molecule has 2 fully saturated rings. The van der Waals surface area contributed by atoms with Gasteiger partial charge in [0.05, 0.1) is 6.61 Å². The van der Waals surface area contributed by atoms with Crippen LogP contribution in [-0.2, 0) is 36.8 Å². The number of aliphatic hydroxyl groups excluding tert-OH is 3. The van der Waals surface area contributed by atoms with Crippen LogP contribution in [-0.4, -0.2) is 83.9 Å². The lowest BCUT2D eigenvalue weighted by Gasteiger charge is -2.31. The highest BCUT2D eigenvalue weighted by Crippen LogP contribution is 2.61. The number of ketones is 1. The molecule has 34 heavy (non-hydrogen) atoms. The van der Waals surface area contributed by atoms with Crippen LogP contribution in [0.25, 0.3) is 0 Å². The molecule has 19 heteroatoms. The Morgan fingerprint density at radius 3 is 2.50 bits per heavy atom. The lowest BCUT2D eigenvalue weighted by molar-refractivity contribution is -0.202. The van der Waals surface area contributed by atoms with Crippen LogP contribution in [0, 0.1) is 0 Å². The standard InChI is InChI=1S/C15H23N3O14P2/c1-6-7(19)4-8(20)14(29-6)31-34(26,27)32-33(24,25)28-5-9-11(21)12(22)13(30-9)18-3-2-10(16)17-15(18)23/h2-3,6,8-9,11-14,20-22H,4-5H2,1H3,(H,24,25)(H,26,27)(H2,16,17,23)/t6-,8-,9-,11-,12-,13-,14+/m1/s1. The maximum absolute atomic E-state index is 12.1. The number of carbonyl (C=O) groups is 1. The summed E-state index contributed by atoms with van der Waals surface area (Å²) in [7, 11) is -10.7. The predicted octanol–water partition coefficient (Wildman–Crippen LogP) is -2.24. The summed E-state index contributed by atoms with van der Waals surface area (Å²) in [5.41, 5.74) is 4.47. The van der Waals surface area contributed by atoms with E-state index in [1.54, 1.807) is 0 Å². The topological polar surface area (TPSA) is 259 Å². The highest BCUT2D eigenvalue weighted by atomic mass is 31.3. The van der Waals surface area contributed by atoms with E-state index in [9.17, 15) is 43.8 Å². The Hall–Kier alpha value is -1.59. The van der Waals surface area contributed by atoms with E-state index in [4.69, 9.17) is 15.2 Å². The van der Waals surface area contributed by atoms with Gasteiger partial charge >= 0.3 is 21.3 Å². The first kappa shape index (κ1) is 27.0. The number of aromatic nitrogens is 2. The van der Waals surface area contributed by atoms with Gasteiger partial charge in [0.2, 0.25) is 0 Å². The Kier molecular flexibility index (Phi) is 8.09. The molecule has 0 aliphatic carbocycles. The molecule has 9 atom stereocenters. The molecule has 17 nitrogen and oxygen atoms in total. The Bertz CT molecular complexity index is 1070. The average Bonchev–Trinajstić information content (AvgIpc) is 2.98. The summed E-state index contributed by atoms with van der Waals surface area (Å²) >= 11 is 0. The molecule has 0 spiro atoms. The molecule has 1 aromatic rings. The molecule has 192 valence electrons. The summed E-state index contributed by atoms with van der Waals surface area (Å²) in [6, 6.07) is 1.23. The van der Waals surface area contributed by atoms with Crippen molar-refractivity contribution in [1.82, 2.24) is 9.55 Å². The first-order valence-electron chi connectivity index (χ1n) is 9.61. The molecule has 0 aromatic carbocycles. The molecular formula is C15H23N3O14P2. The number of hydrogen-bond acceptors (Lipinski definition) is 14. The lowest BCUT2D eigenvalue weighted by Crippen LogP contribution is -2.44. The van der Waals surface area contributed by atoms with Crippen LogP contribution in [0.5, 0.6) is 0 Å². The number of nitrogens with two attached hydrogens (primary N) is 1. The predicted molar refractivity (Wildman–Crippen MR) is 107 cm³/mol. The quantitative estimate of drug-likeness (QED) is 0.194. The van der Waals surface area contributed by atoms with Crippen LogP contribution in [0.1, 0.15) is 19.6 Å². The van der Waals surface area contributed by atoms with E-state index in [1.165, 1.54) is 13.0 Å². The number of hydrogen-bond donors (Lipinski definition) is 6. The van der Waals surface area contributed by atoms with Crippen molar-refractivity contribution in [1.29, 1.82) is 0 Å². The number of phosphoric acid groups is 2. The number of anilines is 1. The molecule has 2 aliphatic rings. The van der Waals surface area contributed by atoms with Crippen molar-refractivity contribution in [3.8, 4) is 0 Å². The van der Waals surface area contributed by atoms with E-state index >= 15 is 0 Å². The second-order valence-corrected chi connectivity index (χ2v) is 10.4. The van der Waals surface area contributed by atoms with Gasteiger partial charge in [-0.25, -0.2) is 13.9 Å². The summed E-state index contributed by atoms with van der Waals surface area (Å²) in [4.78, 5) is 46.4. The summed E-state index contributed by atoms with van der Waals surface area (Å²) < 4.78 is 48.5. The van der Waals surface area contributed by atoms with Crippen molar-refractivity contribution in [2.24, 2.45) is 0 Å². The number of carbonyl (C=O) groups excluding carboxylic acids is 1. The molecule has 2 unspecified atom stereocenters. The first-order valence-corrected chi connectivity index (χ1v) is 12.6. The number of ether oxygens (including phenoxy) is 2. The number of nitrogens with zero attached hydrogens (tertiary/aromatic N) is 2. The van der Waals surface area contributed by atoms with E-state index in [1.807, 2.05) is 0 Å². The van der Waals surface area contributed by atoms with Crippen LogP contribution in [0.4, 0.5) is 5.82 Å². The largest absolute Gasteiger partial charge is 0.483 e. The Labute approximate surface area is 190 Å². The maximum atomic E-state index is 12.1. The molecule has 1 aromatic heterocycles. The van der Waals surface area contributed by atoms with Crippen LogP contribution in [0.2, 0.25) is 0 Å². The molecule has 0 saturated carbocycles. The number of rotatable bonds is 8. The Morgan fingerprint density at radius 2 is 1.85 bits per heavy atom. The summed E-state index contributed by atoms with van der Waals surface area (Å²) in [6.07, 6.45) is -10.2. The van der Waals surface area contributed by atoms with Crippen molar-refractivity contribution in [3.63, 3.8) is 0 Å². The monoisotopic (exact) mass is 531 g/mol. The number of nitrogen functional groups attached to an aromatic ring is 1. The fraction of sp³-hybridized carbons (Fsp3) is 0.667. The minimum absolute atomic E-state index is 0.101. The molecule has 0 radical (unpaired) electrons. The Balaban J connectivity index is 1.59. The minimum Gasteiger partial charge on any atom is -0.387 e. The molecule has 2 aliphatic heterocycles. The molecule has 0 bridgehead atoms. The SMILES string of the molecule is C[C@H]1O[C@@H](OP(=O)(O)OP(=O)(O)OC[C@H]2O[C@@H](n3ccc(N)nc3=O)[C@H](O)[C@@H]2O)[C@H](O)CC1=O. The fourth-order valence-corrected chi connectivity index (χ4v) is 5.29. The third kappa shape index (κ3) is 6.34.